The van der Waals surface area contributed by atoms with Gasteiger partial charge < -0.3 is 14.4 Å². The highest BCUT2D eigenvalue weighted by molar-refractivity contribution is 5.94. The molecular formula is C22H27NO4. The van der Waals surface area contributed by atoms with E-state index in [9.17, 15) is 9.59 Å². The van der Waals surface area contributed by atoms with Crippen LogP contribution >= 0.6 is 0 Å². The smallest absolute Gasteiger partial charge is 0.310 e. The minimum absolute atomic E-state index is 0.0952. The van der Waals surface area contributed by atoms with E-state index in [1.807, 2.05) is 37.3 Å². The maximum Gasteiger partial charge on any atom is 0.310 e. The Morgan fingerprint density at radius 2 is 1.70 bits per heavy atom. The topological polar surface area (TPSA) is 55.8 Å². The lowest BCUT2D eigenvalue weighted by Crippen LogP contribution is -2.37. The average Bonchev–Trinajstić information content (AvgIpc) is 2.71. The summed E-state index contributed by atoms with van der Waals surface area (Å²) >= 11 is 0. The Labute approximate surface area is 160 Å². The van der Waals surface area contributed by atoms with Gasteiger partial charge >= 0.3 is 5.97 Å². The van der Waals surface area contributed by atoms with E-state index < -0.39 is 0 Å². The molecule has 27 heavy (non-hydrogen) atoms. The summed E-state index contributed by atoms with van der Waals surface area (Å²) in [5.74, 6) is -0.0601. The van der Waals surface area contributed by atoms with Crippen molar-refractivity contribution in [2.24, 2.45) is 5.92 Å². The Bertz CT molecular complexity index is 728. The molecule has 1 amide bonds. The number of carbonyl (C=O) groups excluding carboxylic acids is 2. The van der Waals surface area contributed by atoms with E-state index in [0.29, 0.717) is 31.0 Å². The molecule has 0 saturated carbocycles. The van der Waals surface area contributed by atoms with Crippen molar-refractivity contribution in [1.29, 1.82) is 0 Å². The molecule has 0 aliphatic rings. The molecule has 0 aromatic heterocycles. The molecule has 1 atom stereocenters. The van der Waals surface area contributed by atoms with Gasteiger partial charge in [-0.15, -0.1) is 0 Å². The van der Waals surface area contributed by atoms with E-state index in [0.717, 1.165) is 12.0 Å². The van der Waals surface area contributed by atoms with Crippen LogP contribution < -0.4 is 4.74 Å². The number of nitrogens with zero attached hydrogens (tertiary/aromatic N) is 1. The monoisotopic (exact) mass is 369 g/mol. The summed E-state index contributed by atoms with van der Waals surface area (Å²) in [4.78, 5) is 26.2. The fourth-order valence-electron chi connectivity index (χ4n) is 2.77. The molecule has 0 N–H and O–H groups in total. The second-order valence-electron chi connectivity index (χ2n) is 6.47. The molecule has 0 saturated heterocycles. The second kappa shape index (κ2) is 10.4. The zero-order valence-corrected chi connectivity index (χ0v) is 16.2. The summed E-state index contributed by atoms with van der Waals surface area (Å²) in [6.07, 6.45) is 0.817. The Hall–Kier alpha value is -2.82. The number of ether oxygens (including phenoxy) is 2. The normalized spacial score (nSPS) is 11.5. The van der Waals surface area contributed by atoms with Crippen molar-refractivity contribution in [2.75, 3.05) is 20.2 Å². The third kappa shape index (κ3) is 6.13. The zero-order valence-electron chi connectivity index (χ0n) is 16.2. The molecule has 0 heterocycles. The number of esters is 1. The van der Waals surface area contributed by atoms with Gasteiger partial charge in [0, 0.05) is 18.7 Å². The minimum atomic E-state index is -0.362. The lowest BCUT2D eigenvalue weighted by atomic mass is 10.1. The third-order valence-electron chi connectivity index (χ3n) is 4.23. The quantitative estimate of drug-likeness (QED) is 0.629. The van der Waals surface area contributed by atoms with Crippen LogP contribution in [-0.4, -0.2) is 37.0 Å². The van der Waals surface area contributed by atoms with Crippen LogP contribution in [0.3, 0.4) is 0 Å². The average molecular weight is 369 g/mol. The Kier molecular flexibility index (Phi) is 7.86. The van der Waals surface area contributed by atoms with Crippen LogP contribution in [0, 0.1) is 5.92 Å². The molecule has 0 radical (unpaired) electrons. The highest BCUT2D eigenvalue weighted by atomic mass is 16.5. The van der Waals surface area contributed by atoms with Gasteiger partial charge in [-0.25, -0.2) is 0 Å². The van der Waals surface area contributed by atoms with Gasteiger partial charge in [0.1, 0.15) is 12.4 Å². The summed E-state index contributed by atoms with van der Waals surface area (Å²) in [5, 5.41) is 0. The molecule has 144 valence electrons. The summed E-state index contributed by atoms with van der Waals surface area (Å²) in [5.41, 5.74) is 1.66. The number of carbonyl (C=O) groups is 2. The molecule has 5 heteroatoms. The van der Waals surface area contributed by atoms with Crippen LogP contribution in [0.5, 0.6) is 5.75 Å². The predicted octanol–water partition coefficient (Wildman–Crippen LogP) is 3.93. The van der Waals surface area contributed by atoms with Gasteiger partial charge in [-0.1, -0.05) is 44.2 Å². The molecule has 0 aliphatic heterocycles. The molecule has 0 fully saturated rings. The van der Waals surface area contributed by atoms with Gasteiger partial charge in [0.15, 0.2) is 0 Å². The van der Waals surface area contributed by atoms with E-state index in [-0.39, 0.29) is 17.8 Å². The van der Waals surface area contributed by atoms with Crippen LogP contribution in [0.2, 0.25) is 0 Å². The molecule has 5 nitrogen and oxygen atoms in total. The molecule has 1 unspecified atom stereocenters. The zero-order chi connectivity index (χ0) is 19.6. The Balaban J connectivity index is 2.00. The van der Waals surface area contributed by atoms with E-state index in [4.69, 9.17) is 9.47 Å². The first kappa shape index (κ1) is 20.5. The highest BCUT2D eigenvalue weighted by Gasteiger charge is 2.22. The first-order valence-electron chi connectivity index (χ1n) is 9.19. The van der Waals surface area contributed by atoms with Crippen molar-refractivity contribution in [3.8, 4) is 5.75 Å². The van der Waals surface area contributed by atoms with E-state index >= 15 is 0 Å². The minimum Gasteiger partial charge on any atom is -0.489 e. The summed E-state index contributed by atoms with van der Waals surface area (Å²) in [6, 6.07) is 17.0. The third-order valence-corrected chi connectivity index (χ3v) is 4.23. The van der Waals surface area contributed by atoms with E-state index in [2.05, 4.69) is 0 Å². The van der Waals surface area contributed by atoms with Crippen molar-refractivity contribution < 1.29 is 19.1 Å². The van der Waals surface area contributed by atoms with Crippen molar-refractivity contribution in [1.82, 2.24) is 4.90 Å². The maximum absolute atomic E-state index is 12.8. The van der Waals surface area contributed by atoms with Gasteiger partial charge in [-0.3, -0.25) is 9.59 Å². The van der Waals surface area contributed by atoms with Crippen LogP contribution in [0.15, 0.2) is 54.6 Å². The van der Waals surface area contributed by atoms with Crippen molar-refractivity contribution >= 4 is 11.9 Å². The van der Waals surface area contributed by atoms with Gasteiger partial charge in [0.25, 0.3) is 5.91 Å². The fourth-order valence-corrected chi connectivity index (χ4v) is 2.77. The highest BCUT2D eigenvalue weighted by Crippen LogP contribution is 2.16. The lowest BCUT2D eigenvalue weighted by molar-refractivity contribution is -0.145. The van der Waals surface area contributed by atoms with E-state index in [1.54, 1.807) is 36.1 Å². The first-order valence-corrected chi connectivity index (χ1v) is 9.19. The number of hydrogen-bond acceptors (Lipinski definition) is 4. The number of methoxy groups -OCH3 is 1. The summed E-state index contributed by atoms with van der Waals surface area (Å²) < 4.78 is 10.5. The van der Waals surface area contributed by atoms with E-state index in [1.165, 1.54) is 7.11 Å². The van der Waals surface area contributed by atoms with Gasteiger partial charge in [-0.2, -0.15) is 0 Å². The number of amides is 1. The Morgan fingerprint density at radius 3 is 2.30 bits per heavy atom. The Morgan fingerprint density at radius 1 is 1.04 bits per heavy atom. The molecule has 2 rings (SSSR count). The summed E-state index contributed by atoms with van der Waals surface area (Å²) in [7, 11) is 1.36. The van der Waals surface area contributed by atoms with Crippen molar-refractivity contribution in [3.05, 3.63) is 65.7 Å². The van der Waals surface area contributed by atoms with Gasteiger partial charge in [0.2, 0.25) is 0 Å². The van der Waals surface area contributed by atoms with Crippen LogP contribution in [0.1, 0.15) is 36.2 Å². The van der Waals surface area contributed by atoms with Crippen LogP contribution in [0.25, 0.3) is 0 Å². The molecule has 2 aromatic carbocycles. The predicted molar refractivity (Wildman–Crippen MR) is 105 cm³/mol. The number of rotatable bonds is 9. The molecule has 2 aromatic rings. The number of hydrogen-bond donors (Lipinski definition) is 0. The van der Waals surface area contributed by atoms with Gasteiger partial charge in [-0.05, 0) is 36.2 Å². The molecular weight excluding hydrogens is 342 g/mol. The standard InChI is InChI=1S/C22H27NO4/c1-4-14-23(15-17(2)22(25)26-3)21(24)19-10-12-20(13-11-19)27-16-18-8-6-5-7-9-18/h5-13,17H,4,14-16H2,1-3H3. The fraction of sp³-hybridized carbons (Fsp3) is 0.364. The summed E-state index contributed by atoms with van der Waals surface area (Å²) in [6.45, 7) is 5.18. The van der Waals surface area contributed by atoms with Gasteiger partial charge in [0.05, 0.1) is 13.0 Å². The SMILES string of the molecule is CCCN(CC(C)C(=O)OC)C(=O)c1ccc(OCc2ccccc2)cc1. The molecule has 0 spiro atoms. The second-order valence-corrected chi connectivity index (χ2v) is 6.47. The first-order chi connectivity index (χ1) is 13.0. The van der Waals surface area contributed by atoms with Crippen molar-refractivity contribution in [3.63, 3.8) is 0 Å². The van der Waals surface area contributed by atoms with Crippen LogP contribution in [-0.2, 0) is 16.1 Å². The molecule has 0 aliphatic carbocycles. The lowest BCUT2D eigenvalue weighted by Gasteiger charge is -2.24. The number of benzene rings is 2. The molecule has 0 bridgehead atoms. The van der Waals surface area contributed by atoms with Crippen molar-refractivity contribution in [2.45, 2.75) is 26.9 Å². The maximum atomic E-state index is 12.8. The largest absolute Gasteiger partial charge is 0.489 e. The van der Waals surface area contributed by atoms with Crippen LogP contribution in [0.4, 0.5) is 0 Å².